The van der Waals surface area contributed by atoms with E-state index in [0.29, 0.717) is 45.9 Å². The van der Waals surface area contributed by atoms with Crippen LogP contribution in [0.1, 0.15) is 16.1 Å². The molecule has 192 valence electrons. The third-order valence-corrected chi connectivity index (χ3v) is 7.39. The predicted octanol–water partition coefficient (Wildman–Crippen LogP) is 5.24. The SMILES string of the molecule is COc1cnc(Cl)cc1-c1cc(C)ncc1C(=O)Nc1nc2cc3c(cc2s1)N(c1ccnn1C)CCO3. The minimum Gasteiger partial charge on any atom is -0.494 e. The number of rotatable bonds is 5. The zero-order chi connectivity index (χ0) is 26.4. The van der Waals surface area contributed by atoms with Crippen LogP contribution in [0, 0.1) is 6.92 Å². The Morgan fingerprint density at radius 3 is 2.84 bits per heavy atom. The molecule has 1 amide bonds. The fraction of sp³-hybridized carbons (Fsp3) is 0.192. The Labute approximate surface area is 226 Å². The van der Waals surface area contributed by atoms with Gasteiger partial charge >= 0.3 is 0 Å². The lowest BCUT2D eigenvalue weighted by Gasteiger charge is -2.30. The quantitative estimate of drug-likeness (QED) is 0.298. The van der Waals surface area contributed by atoms with Gasteiger partial charge < -0.3 is 14.4 Å². The lowest BCUT2D eigenvalue weighted by atomic mass is 10.0. The van der Waals surface area contributed by atoms with Gasteiger partial charge in [-0.1, -0.05) is 22.9 Å². The van der Waals surface area contributed by atoms with Crippen LogP contribution in [0.2, 0.25) is 5.15 Å². The summed E-state index contributed by atoms with van der Waals surface area (Å²) in [7, 11) is 3.45. The number of amides is 1. The van der Waals surface area contributed by atoms with E-state index >= 15 is 0 Å². The van der Waals surface area contributed by atoms with E-state index in [4.69, 9.17) is 21.1 Å². The highest BCUT2D eigenvalue weighted by Crippen LogP contribution is 2.41. The van der Waals surface area contributed by atoms with Crippen molar-refractivity contribution in [2.24, 2.45) is 7.05 Å². The van der Waals surface area contributed by atoms with Gasteiger partial charge in [-0.3, -0.25) is 19.8 Å². The Bertz CT molecular complexity index is 1700. The number of hydrogen-bond acceptors (Lipinski definition) is 9. The van der Waals surface area contributed by atoms with Gasteiger partial charge in [-0.25, -0.2) is 9.97 Å². The first kappa shape index (κ1) is 24.1. The molecule has 0 atom stereocenters. The van der Waals surface area contributed by atoms with Crippen LogP contribution in [0.5, 0.6) is 11.5 Å². The summed E-state index contributed by atoms with van der Waals surface area (Å²) < 4.78 is 14.2. The number of pyridine rings is 2. The summed E-state index contributed by atoms with van der Waals surface area (Å²) in [5.41, 5.74) is 4.05. The predicted molar refractivity (Wildman–Crippen MR) is 147 cm³/mol. The van der Waals surface area contributed by atoms with Gasteiger partial charge in [-0.05, 0) is 25.1 Å². The van der Waals surface area contributed by atoms with Crippen molar-refractivity contribution in [2.75, 3.05) is 30.5 Å². The molecule has 38 heavy (non-hydrogen) atoms. The topological polar surface area (TPSA) is 107 Å². The highest BCUT2D eigenvalue weighted by atomic mass is 35.5. The lowest BCUT2D eigenvalue weighted by Crippen LogP contribution is -2.29. The maximum absolute atomic E-state index is 13.5. The van der Waals surface area contributed by atoms with Gasteiger partial charge in [0.15, 0.2) is 5.13 Å². The standard InChI is InChI=1S/C26H22ClN7O3S/c1-14-8-15(16-9-23(27)29-13-21(16)36-3)17(12-28-14)25(35)32-26-31-18-10-20-19(11-22(18)38-26)34(6-7-37-20)24-4-5-30-33(24)2/h4-5,8-13H,6-7H2,1-3H3,(H,31,32,35). The Morgan fingerprint density at radius 1 is 1.18 bits per heavy atom. The van der Waals surface area contributed by atoms with Gasteiger partial charge in [0.2, 0.25) is 0 Å². The molecule has 0 unspecified atom stereocenters. The summed E-state index contributed by atoms with van der Waals surface area (Å²) >= 11 is 7.55. The van der Waals surface area contributed by atoms with E-state index in [0.717, 1.165) is 33.2 Å². The molecule has 1 aromatic carbocycles. The number of nitrogens with one attached hydrogen (secondary N) is 1. The van der Waals surface area contributed by atoms with Crippen molar-refractivity contribution in [1.82, 2.24) is 24.7 Å². The average molecular weight is 548 g/mol. The number of thiazole rings is 1. The highest BCUT2D eigenvalue weighted by Gasteiger charge is 2.24. The van der Waals surface area contributed by atoms with Crippen molar-refractivity contribution in [1.29, 1.82) is 0 Å². The molecule has 5 aromatic rings. The van der Waals surface area contributed by atoms with E-state index in [2.05, 4.69) is 30.3 Å². The molecule has 0 spiro atoms. The Hall–Kier alpha value is -4.22. The Balaban J connectivity index is 1.35. The van der Waals surface area contributed by atoms with Crippen LogP contribution >= 0.6 is 22.9 Å². The van der Waals surface area contributed by atoms with Gasteiger partial charge in [0.1, 0.15) is 29.1 Å². The van der Waals surface area contributed by atoms with Crippen molar-refractivity contribution in [3.05, 3.63) is 65.3 Å². The van der Waals surface area contributed by atoms with Crippen molar-refractivity contribution >= 4 is 55.7 Å². The van der Waals surface area contributed by atoms with E-state index in [9.17, 15) is 4.79 Å². The minimum absolute atomic E-state index is 0.291. The number of aryl methyl sites for hydroxylation is 2. The largest absolute Gasteiger partial charge is 0.494 e. The van der Waals surface area contributed by atoms with Crippen molar-refractivity contribution in [2.45, 2.75) is 6.92 Å². The van der Waals surface area contributed by atoms with E-state index in [1.807, 2.05) is 42.9 Å². The van der Waals surface area contributed by atoms with Gasteiger partial charge in [-0.15, -0.1) is 0 Å². The summed E-state index contributed by atoms with van der Waals surface area (Å²) in [6.07, 6.45) is 4.84. The number of methoxy groups -OCH3 is 1. The molecule has 0 aliphatic carbocycles. The fourth-order valence-corrected chi connectivity index (χ4v) is 5.51. The molecule has 0 radical (unpaired) electrons. The summed E-state index contributed by atoms with van der Waals surface area (Å²) in [6, 6.07) is 9.40. The number of halogens is 1. The molecule has 0 saturated carbocycles. The number of fused-ring (bicyclic) bond motifs is 2. The van der Waals surface area contributed by atoms with Crippen LogP contribution in [-0.4, -0.2) is 50.9 Å². The van der Waals surface area contributed by atoms with Gasteiger partial charge in [-0.2, -0.15) is 5.10 Å². The second kappa shape index (κ2) is 9.58. The summed E-state index contributed by atoms with van der Waals surface area (Å²) in [4.78, 5) is 28.7. The first-order valence-corrected chi connectivity index (χ1v) is 12.9. The van der Waals surface area contributed by atoms with E-state index in [1.165, 1.54) is 17.5 Å². The van der Waals surface area contributed by atoms with Crippen LogP contribution in [-0.2, 0) is 7.05 Å². The van der Waals surface area contributed by atoms with Crippen LogP contribution < -0.4 is 19.7 Å². The Morgan fingerprint density at radius 2 is 2.05 bits per heavy atom. The third-order valence-electron chi connectivity index (χ3n) is 6.25. The summed E-state index contributed by atoms with van der Waals surface area (Å²) in [6.45, 7) is 3.10. The molecule has 6 rings (SSSR count). The maximum atomic E-state index is 13.5. The number of nitrogens with zero attached hydrogens (tertiary/aromatic N) is 6. The van der Waals surface area contributed by atoms with Crippen molar-refractivity contribution in [3.8, 4) is 22.6 Å². The second-order valence-electron chi connectivity index (χ2n) is 8.65. The summed E-state index contributed by atoms with van der Waals surface area (Å²) in [5.74, 6) is 1.86. The van der Waals surface area contributed by atoms with E-state index in [1.54, 1.807) is 25.6 Å². The number of anilines is 3. The molecular formula is C26H22ClN7O3S. The van der Waals surface area contributed by atoms with Crippen LogP contribution in [0.3, 0.4) is 0 Å². The lowest BCUT2D eigenvalue weighted by molar-refractivity contribution is 0.102. The molecule has 0 saturated heterocycles. The van der Waals surface area contributed by atoms with Crippen LogP contribution in [0.15, 0.2) is 48.9 Å². The van der Waals surface area contributed by atoms with Gasteiger partial charge in [0.05, 0.1) is 47.5 Å². The third kappa shape index (κ3) is 4.29. The Kier molecular flexibility index (Phi) is 6.09. The fourth-order valence-electron chi connectivity index (χ4n) is 4.48. The van der Waals surface area contributed by atoms with Gasteiger partial charge in [0.25, 0.3) is 5.91 Å². The molecule has 0 fully saturated rings. The van der Waals surface area contributed by atoms with E-state index in [-0.39, 0.29) is 5.91 Å². The number of carbonyl (C=O) groups is 1. The molecule has 1 aliphatic heterocycles. The summed E-state index contributed by atoms with van der Waals surface area (Å²) in [5, 5.41) is 7.99. The molecule has 4 aromatic heterocycles. The monoisotopic (exact) mass is 547 g/mol. The first-order valence-electron chi connectivity index (χ1n) is 11.7. The number of benzene rings is 1. The maximum Gasteiger partial charge on any atom is 0.259 e. The van der Waals surface area contributed by atoms with Gasteiger partial charge in [0, 0.05) is 42.2 Å². The molecular weight excluding hydrogens is 526 g/mol. The molecule has 10 nitrogen and oxygen atoms in total. The zero-order valence-electron chi connectivity index (χ0n) is 20.7. The zero-order valence-corrected chi connectivity index (χ0v) is 22.3. The second-order valence-corrected chi connectivity index (χ2v) is 10.1. The van der Waals surface area contributed by atoms with E-state index < -0.39 is 0 Å². The average Bonchev–Trinajstić information content (AvgIpc) is 3.51. The number of carbonyl (C=O) groups excluding carboxylic acids is 1. The van der Waals surface area contributed by atoms with Crippen molar-refractivity contribution in [3.63, 3.8) is 0 Å². The highest BCUT2D eigenvalue weighted by molar-refractivity contribution is 7.22. The van der Waals surface area contributed by atoms with Crippen molar-refractivity contribution < 1.29 is 14.3 Å². The number of aromatic nitrogens is 5. The van der Waals surface area contributed by atoms with Crippen LogP contribution in [0.25, 0.3) is 21.3 Å². The molecule has 0 bridgehead atoms. The molecule has 12 heteroatoms. The molecule has 1 N–H and O–H groups in total. The number of hydrogen-bond donors (Lipinski definition) is 1. The first-order chi connectivity index (χ1) is 18.4. The minimum atomic E-state index is -0.348. The molecule has 1 aliphatic rings. The molecule has 5 heterocycles. The smallest absolute Gasteiger partial charge is 0.259 e. The number of ether oxygens (including phenoxy) is 2. The van der Waals surface area contributed by atoms with Crippen LogP contribution in [0.4, 0.5) is 16.6 Å². The normalized spacial score (nSPS) is 12.8.